The standard InChI is InChI=1S/C15H15Cl2N3O3/c1-8-6-12(20-23-8)19-14(22)15(2,3)13(21)18-9-4-5-10(16)11(17)7-9/h4-7H,1-3H3,(H,18,21)(H,19,20,22). The number of hydrogen-bond donors (Lipinski definition) is 2. The maximum absolute atomic E-state index is 12.4. The molecule has 0 aliphatic heterocycles. The minimum Gasteiger partial charge on any atom is -0.360 e. The third-order valence-electron chi connectivity index (χ3n) is 3.18. The quantitative estimate of drug-likeness (QED) is 0.814. The summed E-state index contributed by atoms with van der Waals surface area (Å²) in [6, 6.07) is 6.23. The molecule has 2 N–H and O–H groups in total. The summed E-state index contributed by atoms with van der Waals surface area (Å²) in [5.74, 6) is -0.196. The monoisotopic (exact) mass is 355 g/mol. The fourth-order valence-electron chi connectivity index (χ4n) is 1.66. The lowest BCUT2D eigenvalue weighted by Crippen LogP contribution is -2.41. The zero-order valence-electron chi connectivity index (χ0n) is 12.7. The Morgan fingerprint density at radius 3 is 2.30 bits per heavy atom. The molecule has 0 saturated carbocycles. The molecule has 122 valence electrons. The van der Waals surface area contributed by atoms with Crippen molar-refractivity contribution in [1.82, 2.24) is 5.16 Å². The molecule has 6 nitrogen and oxygen atoms in total. The number of rotatable bonds is 4. The summed E-state index contributed by atoms with van der Waals surface area (Å²) in [6.07, 6.45) is 0. The van der Waals surface area contributed by atoms with Gasteiger partial charge >= 0.3 is 0 Å². The molecule has 0 bridgehead atoms. The Morgan fingerprint density at radius 2 is 1.74 bits per heavy atom. The number of benzene rings is 1. The zero-order chi connectivity index (χ0) is 17.2. The van der Waals surface area contributed by atoms with E-state index in [0.29, 0.717) is 21.5 Å². The first-order chi connectivity index (χ1) is 10.7. The zero-order valence-corrected chi connectivity index (χ0v) is 14.2. The molecule has 0 atom stereocenters. The van der Waals surface area contributed by atoms with E-state index in [1.54, 1.807) is 25.1 Å². The van der Waals surface area contributed by atoms with E-state index in [-0.39, 0.29) is 5.82 Å². The van der Waals surface area contributed by atoms with Gasteiger partial charge in [-0.3, -0.25) is 9.59 Å². The van der Waals surface area contributed by atoms with E-state index in [1.807, 2.05) is 0 Å². The Bertz CT molecular complexity index is 756. The van der Waals surface area contributed by atoms with Crippen LogP contribution >= 0.6 is 23.2 Å². The molecule has 1 heterocycles. The molecule has 2 aromatic rings. The minimum absolute atomic E-state index is 0.253. The first-order valence-electron chi connectivity index (χ1n) is 6.71. The van der Waals surface area contributed by atoms with Gasteiger partial charge in [0.05, 0.1) is 10.0 Å². The van der Waals surface area contributed by atoms with Crippen LogP contribution in [0.1, 0.15) is 19.6 Å². The van der Waals surface area contributed by atoms with Crippen molar-refractivity contribution >= 4 is 46.5 Å². The molecule has 8 heteroatoms. The van der Waals surface area contributed by atoms with Gasteiger partial charge in [-0.15, -0.1) is 0 Å². The second-order valence-corrected chi connectivity index (χ2v) is 6.30. The smallest absolute Gasteiger partial charge is 0.240 e. The van der Waals surface area contributed by atoms with Crippen LogP contribution in [0, 0.1) is 12.3 Å². The van der Waals surface area contributed by atoms with Crippen LogP contribution in [0.5, 0.6) is 0 Å². The number of nitrogens with zero attached hydrogens (tertiary/aromatic N) is 1. The maximum Gasteiger partial charge on any atom is 0.240 e. The van der Waals surface area contributed by atoms with E-state index in [4.69, 9.17) is 27.7 Å². The lowest BCUT2D eigenvalue weighted by atomic mass is 9.91. The highest BCUT2D eigenvalue weighted by Gasteiger charge is 2.36. The van der Waals surface area contributed by atoms with Gasteiger partial charge in [-0.25, -0.2) is 0 Å². The third kappa shape index (κ3) is 4.03. The SMILES string of the molecule is Cc1cc(NC(=O)C(C)(C)C(=O)Nc2ccc(Cl)c(Cl)c2)no1. The van der Waals surface area contributed by atoms with Crippen LogP contribution in [-0.4, -0.2) is 17.0 Å². The normalized spacial score (nSPS) is 11.2. The largest absolute Gasteiger partial charge is 0.360 e. The summed E-state index contributed by atoms with van der Waals surface area (Å²) < 4.78 is 4.87. The summed E-state index contributed by atoms with van der Waals surface area (Å²) in [6.45, 7) is 4.70. The first kappa shape index (κ1) is 17.3. The molecular weight excluding hydrogens is 341 g/mol. The molecule has 2 amide bonds. The Kier molecular flexibility index (Phi) is 4.97. The van der Waals surface area contributed by atoms with Crippen molar-refractivity contribution in [1.29, 1.82) is 0 Å². The molecule has 23 heavy (non-hydrogen) atoms. The first-order valence-corrected chi connectivity index (χ1v) is 7.47. The van der Waals surface area contributed by atoms with Gasteiger partial charge < -0.3 is 15.2 Å². The van der Waals surface area contributed by atoms with Crippen LogP contribution in [0.4, 0.5) is 11.5 Å². The number of carbonyl (C=O) groups excluding carboxylic acids is 2. The average Bonchev–Trinajstić information content (AvgIpc) is 2.88. The van der Waals surface area contributed by atoms with E-state index in [0.717, 1.165) is 0 Å². The Labute approximate surface area is 143 Å². The van der Waals surface area contributed by atoms with Gasteiger partial charge in [0.1, 0.15) is 11.2 Å². The summed E-state index contributed by atoms with van der Waals surface area (Å²) in [5.41, 5.74) is -0.888. The number of carbonyl (C=O) groups is 2. The summed E-state index contributed by atoms with van der Waals surface area (Å²) in [7, 11) is 0. The molecule has 0 spiro atoms. The Balaban J connectivity index is 2.09. The predicted octanol–water partition coefficient (Wildman–Crippen LogP) is 3.89. The fourth-order valence-corrected chi connectivity index (χ4v) is 1.96. The van der Waals surface area contributed by atoms with E-state index in [2.05, 4.69) is 15.8 Å². The number of aromatic nitrogens is 1. The van der Waals surface area contributed by atoms with E-state index < -0.39 is 17.2 Å². The number of aryl methyl sites for hydroxylation is 1. The second kappa shape index (κ2) is 6.60. The summed E-state index contributed by atoms with van der Waals surface area (Å²) in [4.78, 5) is 24.7. The number of amides is 2. The van der Waals surface area contributed by atoms with Crippen LogP contribution in [0.15, 0.2) is 28.8 Å². The molecule has 0 aliphatic carbocycles. The van der Waals surface area contributed by atoms with E-state index in [9.17, 15) is 9.59 Å². The van der Waals surface area contributed by atoms with Crippen molar-refractivity contribution in [2.45, 2.75) is 20.8 Å². The van der Waals surface area contributed by atoms with Gasteiger partial charge in [-0.05, 0) is 39.0 Å². The molecule has 0 unspecified atom stereocenters. The third-order valence-corrected chi connectivity index (χ3v) is 3.92. The van der Waals surface area contributed by atoms with Crippen molar-refractivity contribution in [2.24, 2.45) is 5.41 Å². The van der Waals surface area contributed by atoms with E-state index >= 15 is 0 Å². The molecular formula is C15H15Cl2N3O3. The number of hydrogen-bond acceptors (Lipinski definition) is 4. The molecule has 1 aromatic heterocycles. The number of halogens is 2. The van der Waals surface area contributed by atoms with Gasteiger partial charge in [0.25, 0.3) is 0 Å². The number of nitrogens with one attached hydrogen (secondary N) is 2. The maximum atomic E-state index is 12.4. The van der Waals surface area contributed by atoms with Gasteiger partial charge in [0, 0.05) is 11.8 Å². The van der Waals surface area contributed by atoms with Crippen LogP contribution < -0.4 is 10.6 Å². The lowest BCUT2D eigenvalue weighted by molar-refractivity contribution is -0.135. The van der Waals surface area contributed by atoms with Crippen molar-refractivity contribution in [3.63, 3.8) is 0 Å². The highest BCUT2D eigenvalue weighted by molar-refractivity contribution is 6.42. The van der Waals surface area contributed by atoms with Gasteiger partial charge in [-0.2, -0.15) is 0 Å². The van der Waals surface area contributed by atoms with Crippen molar-refractivity contribution in [2.75, 3.05) is 10.6 Å². The van der Waals surface area contributed by atoms with Gasteiger partial charge in [-0.1, -0.05) is 28.4 Å². The Morgan fingerprint density at radius 1 is 1.09 bits per heavy atom. The fraction of sp³-hybridized carbons (Fsp3) is 0.267. The Hall–Kier alpha value is -2.05. The van der Waals surface area contributed by atoms with Crippen LogP contribution in [0.3, 0.4) is 0 Å². The summed E-state index contributed by atoms with van der Waals surface area (Å²) in [5, 5.41) is 9.52. The second-order valence-electron chi connectivity index (χ2n) is 5.48. The molecule has 0 saturated heterocycles. The van der Waals surface area contributed by atoms with E-state index in [1.165, 1.54) is 19.9 Å². The van der Waals surface area contributed by atoms with Crippen LogP contribution in [0.25, 0.3) is 0 Å². The van der Waals surface area contributed by atoms with Crippen molar-refractivity contribution in [3.05, 3.63) is 40.1 Å². The highest BCUT2D eigenvalue weighted by atomic mass is 35.5. The molecule has 0 fully saturated rings. The van der Waals surface area contributed by atoms with Crippen LogP contribution in [0.2, 0.25) is 10.0 Å². The molecule has 0 radical (unpaired) electrons. The average molecular weight is 356 g/mol. The van der Waals surface area contributed by atoms with Gasteiger partial charge in [0.2, 0.25) is 11.8 Å². The highest BCUT2D eigenvalue weighted by Crippen LogP contribution is 2.27. The van der Waals surface area contributed by atoms with Crippen molar-refractivity contribution < 1.29 is 14.1 Å². The lowest BCUT2D eigenvalue weighted by Gasteiger charge is -2.22. The minimum atomic E-state index is -1.33. The predicted molar refractivity (Wildman–Crippen MR) is 88.7 cm³/mol. The van der Waals surface area contributed by atoms with Crippen LogP contribution in [-0.2, 0) is 9.59 Å². The summed E-state index contributed by atoms with van der Waals surface area (Å²) >= 11 is 11.7. The molecule has 0 aliphatic rings. The topological polar surface area (TPSA) is 84.2 Å². The molecule has 1 aromatic carbocycles. The number of anilines is 2. The van der Waals surface area contributed by atoms with Gasteiger partial charge in [0.15, 0.2) is 5.82 Å². The molecule has 2 rings (SSSR count). The van der Waals surface area contributed by atoms with Crippen molar-refractivity contribution in [3.8, 4) is 0 Å².